The molecule has 1 N–H and O–H groups in total. The molecule has 3 aromatic rings. The van der Waals surface area contributed by atoms with Gasteiger partial charge in [0.05, 0.1) is 23.5 Å². The third-order valence-electron chi connectivity index (χ3n) is 4.34. The second-order valence-corrected chi connectivity index (χ2v) is 7.89. The number of thioether (sulfide) groups is 1. The van der Waals surface area contributed by atoms with E-state index in [1.807, 2.05) is 16.7 Å². The number of halogens is 1. The number of amides is 1. The minimum absolute atomic E-state index is 0.0148. The van der Waals surface area contributed by atoms with Gasteiger partial charge < -0.3 is 9.73 Å². The minimum Gasteiger partial charge on any atom is -0.467 e. The number of rotatable bonds is 8. The molecular formula is C18H16ClN5O4S. The topological polar surface area (TPSA) is 116 Å². The molecule has 0 atom stereocenters. The summed E-state index contributed by atoms with van der Waals surface area (Å²) in [4.78, 5) is 22.7. The number of aromatic nitrogens is 3. The molecule has 0 unspecified atom stereocenters. The summed E-state index contributed by atoms with van der Waals surface area (Å²) < 4.78 is 7.40. The zero-order chi connectivity index (χ0) is 20.4. The summed E-state index contributed by atoms with van der Waals surface area (Å²) in [5.74, 6) is 1.85. The Balaban J connectivity index is 1.43. The summed E-state index contributed by atoms with van der Waals surface area (Å²) in [6.45, 7) is 0.499. The van der Waals surface area contributed by atoms with Gasteiger partial charge in [0.2, 0.25) is 5.91 Å². The van der Waals surface area contributed by atoms with E-state index >= 15 is 0 Å². The van der Waals surface area contributed by atoms with Gasteiger partial charge in [-0.1, -0.05) is 23.4 Å². The maximum Gasteiger partial charge on any atom is 0.289 e. The van der Waals surface area contributed by atoms with E-state index in [4.69, 9.17) is 16.0 Å². The number of nitro groups is 1. The Labute approximate surface area is 174 Å². The highest BCUT2D eigenvalue weighted by Crippen LogP contribution is 2.40. The Morgan fingerprint density at radius 3 is 2.90 bits per heavy atom. The number of carbonyl (C=O) groups is 1. The summed E-state index contributed by atoms with van der Waals surface area (Å²) in [6, 6.07) is 7.83. The average Bonchev–Trinajstić information content (AvgIpc) is 3.25. The Morgan fingerprint density at radius 1 is 1.38 bits per heavy atom. The van der Waals surface area contributed by atoms with E-state index in [1.54, 1.807) is 6.26 Å². The van der Waals surface area contributed by atoms with E-state index in [-0.39, 0.29) is 22.4 Å². The van der Waals surface area contributed by atoms with Gasteiger partial charge in [-0.2, -0.15) is 0 Å². The first kappa shape index (κ1) is 19.5. The van der Waals surface area contributed by atoms with Crippen molar-refractivity contribution < 1.29 is 14.1 Å². The first-order chi connectivity index (χ1) is 14.0. The molecule has 4 rings (SSSR count). The standard InChI is InChI=1S/C18H16ClN5O4S/c19-14-6-5-12(8-15(14)24(26)27)20-16(25)10-29-18-22-21-17(11-3-4-11)23(18)9-13-2-1-7-28-13/h1-2,5-8,11H,3-4,9-10H2,(H,20,25). The van der Waals surface area contributed by atoms with E-state index < -0.39 is 4.92 Å². The number of hydrogen-bond acceptors (Lipinski definition) is 7. The molecule has 9 nitrogen and oxygen atoms in total. The van der Waals surface area contributed by atoms with Crippen LogP contribution in [-0.2, 0) is 11.3 Å². The van der Waals surface area contributed by atoms with Crippen LogP contribution in [0.15, 0.2) is 46.2 Å². The second-order valence-electron chi connectivity index (χ2n) is 6.54. The van der Waals surface area contributed by atoms with Crippen LogP contribution in [-0.4, -0.2) is 31.3 Å². The highest BCUT2D eigenvalue weighted by molar-refractivity contribution is 7.99. The Morgan fingerprint density at radius 2 is 2.21 bits per heavy atom. The Bertz CT molecular complexity index is 1050. The normalized spacial score (nSPS) is 13.4. The first-order valence-corrected chi connectivity index (χ1v) is 10.2. The third kappa shape index (κ3) is 4.60. The lowest BCUT2D eigenvalue weighted by Gasteiger charge is -2.09. The number of anilines is 1. The van der Waals surface area contributed by atoms with Gasteiger partial charge in [-0.05, 0) is 37.1 Å². The molecule has 0 spiro atoms. The molecule has 1 saturated carbocycles. The van der Waals surface area contributed by atoms with Crippen molar-refractivity contribution in [1.29, 1.82) is 0 Å². The van der Waals surface area contributed by atoms with E-state index in [9.17, 15) is 14.9 Å². The fourth-order valence-corrected chi connectivity index (χ4v) is 3.75. The predicted molar refractivity (Wildman–Crippen MR) is 107 cm³/mol. The Hall–Kier alpha value is -2.85. The smallest absolute Gasteiger partial charge is 0.289 e. The molecule has 0 aliphatic heterocycles. The number of benzene rings is 1. The number of nitrogens with zero attached hydrogens (tertiary/aromatic N) is 4. The molecular weight excluding hydrogens is 418 g/mol. The van der Waals surface area contributed by atoms with Crippen molar-refractivity contribution in [3.05, 3.63) is 63.3 Å². The molecule has 11 heteroatoms. The van der Waals surface area contributed by atoms with Crippen molar-refractivity contribution in [2.45, 2.75) is 30.5 Å². The molecule has 1 aliphatic carbocycles. The van der Waals surface area contributed by atoms with Crippen LogP contribution in [0.1, 0.15) is 30.3 Å². The van der Waals surface area contributed by atoms with Crippen LogP contribution >= 0.6 is 23.4 Å². The largest absolute Gasteiger partial charge is 0.467 e. The van der Waals surface area contributed by atoms with Gasteiger partial charge in [-0.25, -0.2) is 0 Å². The van der Waals surface area contributed by atoms with Crippen molar-refractivity contribution >= 4 is 40.6 Å². The SMILES string of the molecule is O=C(CSc1nnc(C2CC2)n1Cc1ccco1)Nc1ccc(Cl)c([N+](=O)[O-])c1. The molecule has 0 bridgehead atoms. The lowest BCUT2D eigenvalue weighted by atomic mass is 10.3. The number of hydrogen-bond donors (Lipinski definition) is 1. The highest BCUT2D eigenvalue weighted by atomic mass is 35.5. The van der Waals surface area contributed by atoms with Crippen molar-refractivity contribution in [1.82, 2.24) is 14.8 Å². The molecule has 1 aliphatic rings. The quantitative estimate of drug-likeness (QED) is 0.323. The Kier molecular flexibility index (Phi) is 5.54. The maximum atomic E-state index is 12.3. The summed E-state index contributed by atoms with van der Waals surface area (Å²) >= 11 is 7.05. The molecule has 1 aromatic carbocycles. The van der Waals surface area contributed by atoms with E-state index in [1.165, 1.54) is 30.0 Å². The fourth-order valence-electron chi connectivity index (χ4n) is 2.81. The van der Waals surface area contributed by atoms with Crippen LogP contribution in [0.25, 0.3) is 0 Å². The molecule has 2 aromatic heterocycles. The maximum absolute atomic E-state index is 12.3. The van der Waals surface area contributed by atoms with Gasteiger partial charge in [0.15, 0.2) is 5.16 Å². The van der Waals surface area contributed by atoms with Gasteiger partial charge in [0.1, 0.15) is 16.6 Å². The highest BCUT2D eigenvalue weighted by Gasteiger charge is 2.30. The average molecular weight is 434 g/mol. The lowest BCUT2D eigenvalue weighted by Crippen LogP contribution is -2.15. The van der Waals surface area contributed by atoms with Crippen LogP contribution in [0.5, 0.6) is 0 Å². The first-order valence-electron chi connectivity index (χ1n) is 8.83. The third-order valence-corrected chi connectivity index (χ3v) is 5.63. The lowest BCUT2D eigenvalue weighted by molar-refractivity contribution is -0.384. The fraction of sp³-hybridized carbons (Fsp3) is 0.278. The van der Waals surface area contributed by atoms with Crippen molar-refractivity contribution in [3.63, 3.8) is 0 Å². The zero-order valence-electron chi connectivity index (χ0n) is 15.1. The molecule has 1 amide bonds. The van der Waals surface area contributed by atoms with Crippen LogP contribution < -0.4 is 5.32 Å². The van der Waals surface area contributed by atoms with Crippen molar-refractivity contribution in [3.8, 4) is 0 Å². The van der Waals surface area contributed by atoms with Crippen molar-refractivity contribution in [2.75, 3.05) is 11.1 Å². The molecule has 2 heterocycles. The van der Waals surface area contributed by atoms with Crippen molar-refractivity contribution in [2.24, 2.45) is 0 Å². The predicted octanol–water partition coefficient (Wildman–Crippen LogP) is 4.09. The van der Waals surface area contributed by atoms with Gasteiger partial charge in [-0.15, -0.1) is 10.2 Å². The number of nitro benzene ring substituents is 1. The summed E-state index contributed by atoms with van der Waals surface area (Å²) in [5.41, 5.74) is 0.0480. The molecule has 1 fully saturated rings. The molecule has 0 radical (unpaired) electrons. The summed E-state index contributed by atoms with van der Waals surface area (Å²) in [6.07, 6.45) is 3.77. The minimum atomic E-state index is -0.594. The van der Waals surface area contributed by atoms with Gasteiger partial charge in [0, 0.05) is 17.7 Å². The van der Waals surface area contributed by atoms with Crippen LogP contribution in [0.3, 0.4) is 0 Å². The summed E-state index contributed by atoms with van der Waals surface area (Å²) in [5, 5.41) is 22.8. The number of carbonyl (C=O) groups excluding carboxylic acids is 1. The zero-order valence-corrected chi connectivity index (χ0v) is 16.7. The molecule has 0 saturated heterocycles. The van der Waals surface area contributed by atoms with Crippen LogP contribution in [0, 0.1) is 10.1 Å². The van der Waals surface area contributed by atoms with Gasteiger partial charge >= 0.3 is 0 Å². The second kappa shape index (κ2) is 8.26. The van der Waals surface area contributed by atoms with Crippen LogP contribution in [0.2, 0.25) is 5.02 Å². The van der Waals surface area contributed by atoms with Crippen LogP contribution in [0.4, 0.5) is 11.4 Å². The van der Waals surface area contributed by atoms with E-state index in [2.05, 4.69) is 15.5 Å². The van der Waals surface area contributed by atoms with E-state index in [0.29, 0.717) is 23.3 Å². The summed E-state index contributed by atoms with van der Waals surface area (Å²) in [7, 11) is 0. The number of nitrogens with one attached hydrogen (secondary N) is 1. The monoisotopic (exact) mass is 433 g/mol. The molecule has 29 heavy (non-hydrogen) atoms. The van der Waals surface area contributed by atoms with Gasteiger partial charge in [-0.3, -0.25) is 19.5 Å². The number of furan rings is 1. The van der Waals surface area contributed by atoms with E-state index in [0.717, 1.165) is 24.4 Å². The van der Waals surface area contributed by atoms with Gasteiger partial charge in [0.25, 0.3) is 5.69 Å². The molecule has 150 valence electrons.